The first-order valence-corrected chi connectivity index (χ1v) is 7.58. The third-order valence-corrected chi connectivity index (χ3v) is 3.95. The fourth-order valence-corrected chi connectivity index (χ4v) is 2.39. The molecule has 1 N–H and O–H groups in total. The van der Waals surface area contributed by atoms with E-state index in [1.54, 1.807) is 13.0 Å². The van der Waals surface area contributed by atoms with Gasteiger partial charge in [0.2, 0.25) is 0 Å². The van der Waals surface area contributed by atoms with Gasteiger partial charge in [-0.1, -0.05) is 6.07 Å². The first kappa shape index (κ1) is 17.7. The van der Waals surface area contributed by atoms with Crippen molar-refractivity contribution < 1.29 is 23.5 Å². The van der Waals surface area contributed by atoms with Crippen molar-refractivity contribution in [3.63, 3.8) is 0 Å². The van der Waals surface area contributed by atoms with E-state index in [4.69, 9.17) is 14.7 Å². The molecule has 1 fully saturated rings. The summed E-state index contributed by atoms with van der Waals surface area (Å²) in [5.74, 6) is -1.53. The molecule has 24 heavy (non-hydrogen) atoms. The second-order valence-electron chi connectivity index (χ2n) is 5.94. The van der Waals surface area contributed by atoms with Crippen LogP contribution in [0.1, 0.15) is 25.3 Å². The summed E-state index contributed by atoms with van der Waals surface area (Å²) < 4.78 is 23.2. The minimum atomic E-state index is -0.928. The van der Waals surface area contributed by atoms with Crippen molar-refractivity contribution in [1.29, 1.82) is 5.26 Å². The van der Waals surface area contributed by atoms with Gasteiger partial charge in [0, 0.05) is 0 Å². The molecule has 1 aromatic carbocycles. The Bertz CT molecular complexity index is 682. The van der Waals surface area contributed by atoms with Crippen molar-refractivity contribution in [1.82, 2.24) is 5.32 Å². The molecule has 1 aliphatic rings. The van der Waals surface area contributed by atoms with Crippen LogP contribution in [0, 0.1) is 23.1 Å². The molecule has 1 aromatic rings. The quantitative estimate of drug-likeness (QED) is 0.767. The highest BCUT2D eigenvalue weighted by molar-refractivity contribution is 5.82. The van der Waals surface area contributed by atoms with Gasteiger partial charge in [0.05, 0.1) is 19.6 Å². The zero-order valence-electron chi connectivity index (χ0n) is 13.6. The highest BCUT2D eigenvalue weighted by Gasteiger charge is 2.43. The summed E-state index contributed by atoms with van der Waals surface area (Å²) in [6.07, 6.45) is 1.63. The van der Waals surface area contributed by atoms with E-state index in [1.165, 1.54) is 19.2 Å². The summed E-state index contributed by atoms with van der Waals surface area (Å²) >= 11 is 0. The second-order valence-corrected chi connectivity index (χ2v) is 5.94. The molecule has 6 nitrogen and oxygen atoms in total. The molecule has 1 aliphatic carbocycles. The molecular formula is C17H19FN2O4. The molecular weight excluding hydrogens is 315 g/mol. The Morgan fingerprint density at radius 3 is 2.71 bits per heavy atom. The van der Waals surface area contributed by atoms with Gasteiger partial charge in [0.1, 0.15) is 5.54 Å². The molecule has 0 saturated heterocycles. The van der Waals surface area contributed by atoms with Gasteiger partial charge in [-0.2, -0.15) is 5.26 Å². The molecule has 1 amide bonds. The van der Waals surface area contributed by atoms with Crippen LogP contribution in [-0.4, -0.2) is 31.1 Å². The number of amides is 1. The van der Waals surface area contributed by atoms with Gasteiger partial charge >= 0.3 is 5.97 Å². The van der Waals surface area contributed by atoms with Crippen LogP contribution in [0.25, 0.3) is 0 Å². The SMILES string of the molecule is COc1ccc(CC(=O)OCC(=O)N[C@@](C)(C#N)C2CC2)cc1F. The normalized spacial score (nSPS) is 15.8. The number of carbonyl (C=O) groups excluding carboxylic acids is 2. The van der Waals surface area contributed by atoms with E-state index in [-0.39, 0.29) is 18.1 Å². The maximum atomic E-state index is 13.5. The lowest BCUT2D eigenvalue weighted by Crippen LogP contribution is -2.48. The van der Waals surface area contributed by atoms with E-state index >= 15 is 0 Å². The number of hydrogen-bond donors (Lipinski definition) is 1. The monoisotopic (exact) mass is 334 g/mol. The maximum Gasteiger partial charge on any atom is 0.310 e. The van der Waals surface area contributed by atoms with E-state index in [1.807, 2.05) is 0 Å². The van der Waals surface area contributed by atoms with Crippen LogP contribution >= 0.6 is 0 Å². The lowest BCUT2D eigenvalue weighted by atomic mass is 9.98. The second kappa shape index (κ2) is 7.30. The Morgan fingerprint density at radius 1 is 1.46 bits per heavy atom. The van der Waals surface area contributed by atoms with Crippen LogP contribution in [0.5, 0.6) is 5.75 Å². The topological polar surface area (TPSA) is 88.4 Å². The Morgan fingerprint density at radius 2 is 2.17 bits per heavy atom. The summed E-state index contributed by atoms with van der Waals surface area (Å²) in [4.78, 5) is 23.6. The number of halogens is 1. The minimum absolute atomic E-state index is 0.0855. The van der Waals surface area contributed by atoms with Gasteiger partial charge in [-0.15, -0.1) is 0 Å². The first-order valence-electron chi connectivity index (χ1n) is 7.58. The van der Waals surface area contributed by atoms with Crippen molar-refractivity contribution in [3.05, 3.63) is 29.6 Å². The molecule has 0 radical (unpaired) electrons. The van der Waals surface area contributed by atoms with Gasteiger partial charge in [-0.05, 0) is 43.4 Å². The number of nitrogens with one attached hydrogen (secondary N) is 1. The lowest BCUT2D eigenvalue weighted by molar-refractivity contribution is -0.148. The third-order valence-electron chi connectivity index (χ3n) is 3.95. The molecule has 128 valence electrons. The molecule has 0 heterocycles. The molecule has 2 rings (SSSR count). The number of benzene rings is 1. The van der Waals surface area contributed by atoms with Gasteiger partial charge in [-0.3, -0.25) is 9.59 Å². The fourth-order valence-electron chi connectivity index (χ4n) is 2.39. The van der Waals surface area contributed by atoms with Crippen LogP contribution < -0.4 is 10.1 Å². The van der Waals surface area contributed by atoms with Gasteiger partial charge < -0.3 is 14.8 Å². The summed E-state index contributed by atoms with van der Waals surface area (Å²) in [6.45, 7) is 1.19. The third kappa shape index (κ3) is 4.44. The van der Waals surface area contributed by atoms with Crippen LogP contribution in [0.4, 0.5) is 4.39 Å². The fraction of sp³-hybridized carbons (Fsp3) is 0.471. The van der Waals surface area contributed by atoms with E-state index in [9.17, 15) is 14.0 Å². The minimum Gasteiger partial charge on any atom is -0.494 e. The molecule has 1 saturated carbocycles. The average Bonchev–Trinajstić information content (AvgIpc) is 3.38. The number of carbonyl (C=O) groups is 2. The number of nitrogens with zero attached hydrogens (tertiary/aromatic N) is 1. The maximum absolute atomic E-state index is 13.5. The van der Waals surface area contributed by atoms with E-state index in [2.05, 4.69) is 11.4 Å². The standard InChI is InChI=1S/C17H19FN2O4/c1-17(10-19,12-4-5-12)20-15(21)9-24-16(22)8-11-3-6-14(23-2)13(18)7-11/h3,6-7,12H,4-5,8-9H2,1-2H3,(H,20,21)/t17-/m0/s1. The molecule has 0 bridgehead atoms. The number of nitriles is 1. The van der Waals surface area contributed by atoms with Crippen molar-refractivity contribution in [2.45, 2.75) is 31.7 Å². The highest BCUT2D eigenvalue weighted by Crippen LogP contribution is 2.39. The van der Waals surface area contributed by atoms with Crippen LogP contribution in [0.15, 0.2) is 18.2 Å². The van der Waals surface area contributed by atoms with Crippen molar-refractivity contribution in [2.75, 3.05) is 13.7 Å². The van der Waals surface area contributed by atoms with Crippen LogP contribution in [0.2, 0.25) is 0 Å². The summed E-state index contributed by atoms with van der Waals surface area (Å²) in [6, 6.07) is 6.23. The summed E-state index contributed by atoms with van der Waals surface area (Å²) in [7, 11) is 1.35. The van der Waals surface area contributed by atoms with Crippen molar-refractivity contribution >= 4 is 11.9 Å². The Hall–Kier alpha value is -2.62. The van der Waals surface area contributed by atoms with Gasteiger partial charge in [0.15, 0.2) is 18.2 Å². The summed E-state index contributed by atoms with van der Waals surface area (Å²) in [5, 5.41) is 11.8. The Balaban J connectivity index is 1.81. The summed E-state index contributed by atoms with van der Waals surface area (Å²) in [5.41, 5.74) is -0.513. The van der Waals surface area contributed by atoms with Crippen molar-refractivity contribution in [2.24, 2.45) is 5.92 Å². The largest absolute Gasteiger partial charge is 0.494 e. The number of ether oxygens (including phenoxy) is 2. The molecule has 0 unspecified atom stereocenters. The Kier molecular flexibility index (Phi) is 5.39. The Labute approximate surface area is 139 Å². The lowest BCUT2D eigenvalue weighted by Gasteiger charge is -2.22. The number of rotatable bonds is 7. The molecule has 0 spiro atoms. The smallest absolute Gasteiger partial charge is 0.310 e. The first-order chi connectivity index (χ1) is 11.4. The van der Waals surface area contributed by atoms with Gasteiger partial charge in [-0.25, -0.2) is 4.39 Å². The zero-order valence-corrected chi connectivity index (χ0v) is 13.6. The molecule has 0 aliphatic heterocycles. The average molecular weight is 334 g/mol. The highest BCUT2D eigenvalue weighted by atomic mass is 19.1. The number of hydrogen-bond acceptors (Lipinski definition) is 5. The predicted molar refractivity (Wildman–Crippen MR) is 82.5 cm³/mol. The van der Waals surface area contributed by atoms with E-state index < -0.39 is 29.8 Å². The zero-order chi connectivity index (χ0) is 17.7. The molecule has 7 heteroatoms. The number of esters is 1. The molecule has 0 aromatic heterocycles. The van der Waals surface area contributed by atoms with Gasteiger partial charge in [0.25, 0.3) is 5.91 Å². The van der Waals surface area contributed by atoms with Crippen LogP contribution in [-0.2, 0) is 20.7 Å². The molecule has 1 atom stereocenters. The van der Waals surface area contributed by atoms with Crippen molar-refractivity contribution in [3.8, 4) is 11.8 Å². The van der Waals surface area contributed by atoms with E-state index in [0.717, 1.165) is 12.8 Å². The number of methoxy groups -OCH3 is 1. The predicted octanol–water partition coefficient (Wildman–Crippen LogP) is 1.73. The van der Waals surface area contributed by atoms with E-state index in [0.29, 0.717) is 5.56 Å². The van der Waals surface area contributed by atoms with Crippen LogP contribution in [0.3, 0.4) is 0 Å².